The van der Waals surface area contributed by atoms with Crippen molar-refractivity contribution >= 4 is 0 Å². The van der Waals surface area contributed by atoms with Gasteiger partial charge in [0.2, 0.25) is 0 Å². The van der Waals surface area contributed by atoms with Crippen LogP contribution in [0.3, 0.4) is 0 Å². The molecule has 0 saturated heterocycles. The normalized spacial score (nSPS) is 30.7. The minimum absolute atomic E-state index is 0.259. The van der Waals surface area contributed by atoms with Crippen LogP contribution in [0.15, 0.2) is 0 Å². The van der Waals surface area contributed by atoms with Gasteiger partial charge in [-0.25, -0.2) is 0 Å². The van der Waals surface area contributed by atoms with Crippen LogP contribution in [-0.4, -0.2) is 48.8 Å². The van der Waals surface area contributed by atoms with Crippen molar-refractivity contribution in [2.24, 2.45) is 0 Å². The molecule has 0 heterocycles. The molecule has 19 heavy (non-hydrogen) atoms. The van der Waals surface area contributed by atoms with Crippen molar-refractivity contribution in [3.63, 3.8) is 0 Å². The predicted octanol–water partition coefficient (Wildman–Crippen LogP) is 1.91. The summed E-state index contributed by atoms with van der Waals surface area (Å²) in [5.41, 5.74) is -0.259. The summed E-state index contributed by atoms with van der Waals surface area (Å²) in [4.78, 5) is 2.48. The summed E-state index contributed by atoms with van der Waals surface area (Å²) in [5.74, 6) is 0. The van der Waals surface area contributed by atoms with Crippen LogP contribution in [0.25, 0.3) is 0 Å². The maximum absolute atomic E-state index is 9.52. The van der Waals surface area contributed by atoms with Crippen LogP contribution in [0.2, 0.25) is 0 Å². The van der Waals surface area contributed by atoms with E-state index in [0.29, 0.717) is 12.1 Å². The molecule has 0 aliphatic heterocycles. The maximum atomic E-state index is 9.52. The smallest absolute Gasteiger partial charge is 0.108 e. The first kappa shape index (κ1) is 14.8. The van der Waals surface area contributed by atoms with Crippen LogP contribution < -0.4 is 5.32 Å². The van der Waals surface area contributed by atoms with Gasteiger partial charge in [-0.15, -0.1) is 0 Å². The number of hydrogen-bond donors (Lipinski definition) is 1. The highest BCUT2D eigenvalue weighted by molar-refractivity contribution is 5.15. The van der Waals surface area contributed by atoms with Crippen LogP contribution in [0.4, 0.5) is 0 Å². The largest absolute Gasteiger partial charge is 0.380 e. The second kappa shape index (κ2) is 6.69. The molecule has 0 amide bonds. The van der Waals surface area contributed by atoms with Gasteiger partial charge in [-0.1, -0.05) is 6.92 Å². The van der Waals surface area contributed by atoms with Crippen molar-refractivity contribution in [2.75, 3.05) is 26.3 Å². The van der Waals surface area contributed by atoms with E-state index < -0.39 is 0 Å². The molecule has 0 aromatic carbocycles. The van der Waals surface area contributed by atoms with Gasteiger partial charge < -0.3 is 4.74 Å². The number of nitrogens with one attached hydrogen (secondary N) is 1. The molecule has 2 aliphatic rings. The van der Waals surface area contributed by atoms with Crippen LogP contribution in [0, 0.1) is 11.3 Å². The molecule has 2 rings (SSSR count). The fraction of sp³-hybridized carbons (Fsp3) is 0.933. The summed E-state index contributed by atoms with van der Waals surface area (Å²) in [7, 11) is 0. The molecular formula is C15H27N3O. The molecule has 0 spiro atoms. The zero-order chi connectivity index (χ0) is 13.7. The summed E-state index contributed by atoms with van der Waals surface area (Å²) in [6.07, 6.45) is 5.59. The van der Waals surface area contributed by atoms with Gasteiger partial charge in [0.1, 0.15) is 5.54 Å². The van der Waals surface area contributed by atoms with Gasteiger partial charge in [0.15, 0.2) is 0 Å². The molecule has 0 bridgehead atoms. The lowest BCUT2D eigenvalue weighted by molar-refractivity contribution is 0.0963. The molecule has 0 radical (unpaired) electrons. The Labute approximate surface area is 117 Å². The van der Waals surface area contributed by atoms with Gasteiger partial charge in [-0.3, -0.25) is 10.2 Å². The quantitative estimate of drug-likeness (QED) is 0.681. The third-order valence-corrected chi connectivity index (χ3v) is 4.41. The van der Waals surface area contributed by atoms with Gasteiger partial charge in [-0.05, 0) is 45.6 Å². The summed E-state index contributed by atoms with van der Waals surface area (Å²) in [6.45, 7) is 7.85. The van der Waals surface area contributed by atoms with Gasteiger partial charge in [0.05, 0.1) is 12.7 Å². The molecule has 1 N–H and O–H groups in total. The van der Waals surface area contributed by atoms with Crippen LogP contribution in [0.5, 0.6) is 0 Å². The average molecular weight is 265 g/mol. The molecule has 2 saturated carbocycles. The fourth-order valence-corrected chi connectivity index (χ4v) is 3.14. The van der Waals surface area contributed by atoms with Crippen molar-refractivity contribution in [1.82, 2.24) is 10.2 Å². The highest BCUT2D eigenvalue weighted by Gasteiger charge is 2.44. The Hall–Kier alpha value is -0.630. The number of nitriles is 1. The van der Waals surface area contributed by atoms with E-state index in [2.05, 4.69) is 23.2 Å². The molecule has 4 nitrogen and oxygen atoms in total. The highest BCUT2D eigenvalue weighted by Crippen LogP contribution is 2.35. The van der Waals surface area contributed by atoms with E-state index in [1.165, 1.54) is 12.8 Å². The first-order valence-corrected chi connectivity index (χ1v) is 7.73. The molecule has 2 atom stereocenters. The first-order chi connectivity index (χ1) is 9.23. The summed E-state index contributed by atoms with van der Waals surface area (Å²) in [6, 6.07) is 3.70. The molecule has 0 aromatic heterocycles. The van der Waals surface area contributed by atoms with E-state index in [1.807, 2.05) is 6.92 Å². The van der Waals surface area contributed by atoms with Crippen molar-refractivity contribution in [3.05, 3.63) is 0 Å². The molecule has 4 heteroatoms. The lowest BCUT2D eigenvalue weighted by Gasteiger charge is -2.29. The van der Waals surface area contributed by atoms with E-state index in [9.17, 15) is 5.26 Å². The van der Waals surface area contributed by atoms with Crippen molar-refractivity contribution in [3.8, 4) is 6.07 Å². The zero-order valence-electron chi connectivity index (χ0n) is 12.3. The maximum Gasteiger partial charge on any atom is 0.108 e. The minimum atomic E-state index is -0.259. The Morgan fingerprint density at radius 3 is 2.74 bits per heavy atom. The molecule has 2 fully saturated rings. The number of rotatable bonds is 8. The Morgan fingerprint density at radius 2 is 2.16 bits per heavy atom. The van der Waals surface area contributed by atoms with Crippen molar-refractivity contribution in [2.45, 2.75) is 63.6 Å². The molecule has 2 aliphatic carbocycles. The molecule has 108 valence electrons. The first-order valence-electron chi connectivity index (χ1n) is 7.73. The second-order valence-corrected chi connectivity index (χ2v) is 5.83. The third kappa shape index (κ3) is 3.92. The molecular weight excluding hydrogens is 238 g/mol. The number of ether oxygens (including phenoxy) is 1. The van der Waals surface area contributed by atoms with Gasteiger partial charge in [-0.2, -0.15) is 5.26 Å². The fourth-order valence-electron chi connectivity index (χ4n) is 3.14. The standard InChI is InChI=1S/C15H27N3O/c1-3-18(9-10-19-4-2)14-7-8-15(11-14,12-16)17-13-5-6-13/h13-14,17H,3-11H2,1-2H3. The van der Waals surface area contributed by atoms with Gasteiger partial charge >= 0.3 is 0 Å². The van der Waals surface area contributed by atoms with E-state index in [0.717, 1.165) is 45.6 Å². The van der Waals surface area contributed by atoms with Crippen LogP contribution in [0.1, 0.15) is 46.0 Å². The van der Waals surface area contributed by atoms with Crippen molar-refractivity contribution in [1.29, 1.82) is 5.26 Å². The summed E-state index contributed by atoms with van der Waals surface area (Å²) < 4.78 is 5.46. The molecule has 0 aromatic rings. The highest BCUT2D eigenvalue weighted by atomic mass is 16.5. The van der Waals surface area contributed by atoms with E-state index in [-0.39, 0.29) is 5.54 Å². The summed E-state index contributed by atoms with van der Waals surface area (Å²) >= 11 is 0. The van der Waals surface area contributed by atoms with Crippen LogP contribution >= 0.6 is 0 Å². The predicted molar refractivity (Wildman–Crippen MR) is 75.9 cm³/mol. The Balaban J connectivity index is 1.85. The van der Waals surface area contributed by atoms with E-state index >= 15 is 0 Å². The van der Waals surface area contributed by atoms with Gasteiger partial charge in [0, 0.05) is 25.2 Å². The molecule has 2 unspecified atom stereocenters. The Kier molecular flexibility index (Phi) is 5.20. The number of nitrogens with zero attached hydrogens (tertiary/aromatic N) is 2. The number of hydrogen-bond acceptors (Lipinski definition) is 4. The third-order valence-electron chi connectivity index (χ3n) is 4.41. The lowest BCUT2D eigenvalue weighted by atomic mass is 9.99. The Morgan fingerprint density at radius 1 is 1.37 bits per heavy atom. The zero-order valence-corrected chi connectivity index (χ0v) is 12.3. The average Bonchev–Trinajstić information content (AvgIpc) is 3.13. The topological polar surface area (TPSA) is 48.3 Å². The minimum Gasteiger partial charge on any atom is -0.380 e. The van der Waals surface area contributed by atoms with Gasteiger partial charge in [0.25, 0.3) is 0 Å². The lowest BCUT2D eigenvalue weighted by Crippen LogP contribution is -2.45. The monoisotopic (exact) mass is 265 g/mol. The van der Waals surface area contributed by atoms with Crippen molar-refractivity contribution < 1.29 is 4.74 Å². The summed E-state index contributed by atoms with van der Waals surface area (Å²) in [5, 5.41) is 13.1. The number of likely N-dealkylation sites (N-methyl/N-ethyl adjacent to an activating group) is 1. The van der Waals surface area contributed by atoms with Crippen LogP contribution in [-0.2, 0) is 4.74 Å². The Bertz CT molecular complexity index is 324. The SMILES string of the molecule is CCOCCN(CC)C1CCC(C#N)(NC2CC2)C1. The van der Waals surface area contributed by atoms with E-state index in [1.54, 1.807) is 0 Å². The second-order valence-electron chi connectivity index (χ2n) is 5.83. The van der Waals surface area contributed by atoms with E-state index in [4.69, 9.17) is 4.74 Å².